The molecule has 6 heteroatoms. The van der Waals surface area contributed by atoms with Crippen molar-refractivity contribution in [1.29, 1.82) is 0 Å². The molecule has 0 saturated carbocycles. The van der Waals surface area contributed by atoms with E-state index >= 15 is 0 Å². The van der Waals surface area contributed by atoms with Gasteiger partial charge in [-0.2, -0.15) is 0 Å². The van der Waals surface area contributed by atoms with Crippen molar-refractivity contribution in [2.45, 2.75) is 0 Å². The second-order valence-corrected chi connectivity index (χ2v) is 3.18. The van der Waals surface area contributed by atoms with Crippen molar-refractivity contribution < 1.29 is 19.4 Å². The van der Waals surface area contributed by atoms with Crippen molar-refractivity contribution in [1.82, 2.24) is 0 Å². The third-order valence-electron chi connectivity index (χ3n) is 1.88. The van der Waals surface area contributed by atoms with Crippen LogP contribution in [0.3, 0.4) is 0 Å². The summed E-state index contributed by atoms with van der Waals surface area (Å²) < 4.78 is 9.91. The zero-order valence-corrected chi connectivity index (χ0v) is 9.67. The Morgan fingerprint density at radius 3 is 2.62 bits per heavy atom. The lowest BCUT2D eigenvalue weighted by Gasteiger charge is -2.12. The number of halogens is 1. The summed E-state index contributed by atoms with van der Waals surface area (Å²) in [5.41, 5.74) is 0.310. The van der Waals surface area contributed by atoms with Crippen molar-refractivity contribution in [3.8, 4) is 17.2 Å². The lowest BCUT2D eigenvalue weighted by Crippen LogP contribution is -2.13. The van der Waals surface area contributed by atoms with E-state index in [2.05, 4.69) is 5.32 Å². The van der Waals surface area contributed by atoms with Gasteiger partial charge in [-0.15, -0.1) is 11.6 Å². The second-order valence-electron chi connectivity index (χ2n) is 2.91. The number of phenols is 1. The molecule has 2 N–H and O–H groups in total. The molecule has 1 aromatic rings. The van der Waals surface area contributed by atoms with Crippen molar-refractivity contribution in [2.75, 3.05) is 25.4 Å². The number of ether oxygens (including phenoxy) is 2. The fourth-order valence-electron chi connectivity index (χ4n) is 1.20. The van der Waals surface area contributed by atoms with Gasteiger partial charge in [0, 0.05) is 12.1 Å². The van der Waals surface area contributed by atoms with Crippen LogP contribution in [0.15, 0.2) is 12.1 Å². The van der Waals surface area contributed by atoms with Gasteiger partial charge in [-0.1, -0.05) is 0 Å². The largest absolute Gasteiger partial charge is 0.504 e. The average molecular weight is 246 g/mol. The molecule has 0 aliphatic carbocycles. The van der Waals surface area contributed by atoms with E-state index in [1.165, 1.54) is 26.4 Å². The summed E-state index contributed by atoms with van der Waals surface area (Å²) in [5, 5.41) is 12.1. The number of alkyl halides is 1. The molecule has 0 fully saturated rings. The Hall–Kier alpha value is -1.62. The Morgan fingerprint density at radius 2 is 2.12 bits per heavy atom. The molecule has 0 aromatic heterocycles. The maximum Gasteiger partial charge on any atom is 0.239 e. The molecular formula is C10H12ClNO4. The van der Waals surface area contributed by atoms with E-state index in [0.717, 1.165) is 0 Å². The molecule has 88 valence electrons. The number of hydrogen-bond acceptors (Lipinski definition) is 4. The summed E-state index contributed by atoms with van der Waals surface area (Å²) in [6, 6.07) is 2.91. The third kappa shape index (κ3) is 2.70. The van der Waals surface area contributed by atoms with Gasteiger partial charge < -0.3 is 19.9 Å². The molecule has 0 spiro atoms. The molecule has 0 aliphatic heterocycles. The molecule has 0 atom stereocenters. The summed E-state index contributed by atoms with van der Waals surface area (Å²) in [6.45, 7) is 0. The Bertz CT molecular complexity index is 395. The zero-order chi connectivity index (χ0) is 12.1. The number of hydrogen-bond donors (Lipinski definition) is 2. The van der Waals surface area contributed by atoms with E-state index in [4.69, 9.17) is 21.1 Å². The predicted octanol–water partition coefficient (Wildman–Crippen LogP) is 1.59. The van der Waals surface area contributed by atoms with Crippen LogP contribution in [0.4, 0.5) is 5.69 Å². The first kappa shape index (κ1) is 12.4. The van der Waals surface area contributed by atoms with Gasteiger partial charge in [-0.25, -0.2) is 0 Å². The van der Waals surface area contributed by atoms with Gasteiger partial charge in [0.25, 0.3) is 0 Å². The second kappa shape index (κ2) is 5.46. The maximum absolute atomic E-state index is 11.1. The summed E-state index contributed by atoms with van der Waals surface area (Å²) in [5.74, 6) is -0.122. The minimum Gasteiger partial charge on any atom is -0.504 e. The Balaban J connectivity index is 3.12. The molecule has 0 aliphatic rings. The number of amides is 1. The van der Waals surface area contributed by atoms with Crippen LogP contribution in [0.5, 0.6) is 17.2 Å². The van der Waals surface area contributed by atoms with Gasteiger partial charge in [0.1, 0.15) is 11.6 Å². The van der Waals surface area contributed by atoms with Gasteiger partial charge in [-0.3, -0.25) is 4.79 Å². The third-order valence-corrected chi connectivity index (χ3v) is 2.12. The van der Waals surface area contributed by atoms with Crippen LogP contribution in [0.25, 0.3) is 0 Å². The number of methoxy groups -OCH3 is 2. The SMILES string of the molecule is COc1cc(O)c(OC)c(NC(=O)CCl)c1. The molecule has 1 rings (SSSR count). The predicted molar refractivity (Wildman–Crippen MR) is 60.6 cm³/mol. The number of carbonyl (C=O) groups excluding carboxylic acids is 1. The molecule has 0 unspecified atom stereocenters. The molecule has 0 radical (unpaired) electrons. The van der Waals surface area contributed by atoms with Crippen LogP contribution in [0, 0.1) is 0 Å². The lowest BCUT2D eigenvalue weighted by molar-refractivity contribution is -0.113. The quantitative estimate of drug-likeness (QED) is 0.791. The normalized spacial score (nSPS) is 9.69. The number of benzene rings is 1. The van der Waals surface area contributed by atoms with Crippen LogP contribution in [0.2, 0.25) is 0 Å². The van der Waals surface area contributed by atoms with Crippen LogP contribution in [-0.4, -0.2) is 31.1 Å². The van der Waals surface area contributed by atoms with E-state index in [9.17, 15) is 9.90 Å². The lowest BCUT2D eigenvalue weighted by atomic mass is 10.2. The Kier molecular flexibility index (Phi) is 4.25. The van der Waals surface area contributed by atoms with E-state index in [0.29, 0.717) is 11.4 Å². The first-order chi connectivity index (χ1) is 7.62. The Labute approximate surface area is 97.9 Å². The summed E-state index contributed by atoms with van der Waals surface area (Å²) in [6.07, 6.45) is 0. The van der Waals surface area contributed by atoms with E-state index in [1.54, 1.807) is 0 Å². The Morgan fingerprint density at radius 1 is 1.44 bits per heavy atom. The highest BCUT2D eigenvalue weighted by molar-refractivity contribution is 6.29. The molecule has 1 aromatic carbocycles. The van der Waals surface area contributed by atoms with Crippen LogP contribution >= 0.6 is 11.6 Å². The van der Waals surface area contributed by atoms with Gasteiger partial charge in [0.05, 0.1) is 19.9 Å². The molecule has 0 saturated heterocycles. The summed E-state index contributed by atoms with van der Waals surface area (Å²) >= 11 is 5.36. The highest BCUT2D eigenvalue weighted by Gasteiger charge is 2.13. The highest BCUT2D eigenvalue weighted by atomic mass is 35.5. The van der Waals surface area contributed by atoms with Crippen molar-refractivity contribution in [2.24, 2.45) is 0 Å². The molecule has 5 nitrogen and oxygen atoms in total. The molecule has 0 heterocycles. The monoisotopic (exact) mass is 245 g/mol. The minimum atomic E-state index is -0.396. The minimum absolute atomic E-state index is 0.119. The molecule has 0 bridgehead atoms. The zero-order valence-electron chi connectivity index (χ0n) is 8.91. The topological polar surface area (TPSA) is 67.8 Å². The smallest absolute Gasteiger partial charge is 0.239 e. The van der Waals surface area contributed by atoms with Crippen LogP contribution < -0.4 is 14.8 Å². The molecule has 1 amide bonds. The fourth-order valence-corrected chi connectivity index (χ4v) is 1.26. The molecule has 16 heavy (non-hydrogen) atoms. The van der Waals surface area contributed by atoms with Gasteiger partial charge in [-0.05, 0) is 0 Å². The van der Waals surface area contributed by atoms with Crippen molar-refractivity contribution in [3.05, 3.63) is 12.1 Å². The average Bonchev–Trinajstić information content (AvgIpc) is 2.28. The highest BCUT2D eigenvalue weighted by Crippen LogP contribution is 2.38. The number of phenolic OH excluding ortho intramolecular Hbond substituents is 1. The number of rotatable bonds is 4. The van der Waals surface area contributed by atoms with Gasteiger partial charge in [0.15, 0.2) is 11.5 Å². The van der Waals surface area contributed by atoms with Crippen LogP contribution in [-0.2, 0) is 4.79 Å². The summed E-state index contributed by atoms with van der Waals surface area (Å²) in [4.78, 5) is 11.1. The standard InChI is InChI=1S/C10H12ClNO4/c1-15-6-3-7(12-9(14)5-11)10(16-2)8(13)4-6/h3-4,13H,5H2,1-2H3,(H,12,14). The van der Waals surface area contributed by atoms with E-state index in [-0.39, 0.29) is 17.4 Å². The number of aromatic hydroxyl groups is 1. The number of anilines is 1. The van der Waals surface area contributed by atoms with E-state index < -0.39 is 5.91 Å². The summed E-state index contributed by atoms with van der Waals surface area (Å²) in [7, 11) is 2.84. The van der Waals surface area contributed by atoms with Crippen molar-refractivity contribution >= 4 is 23.2 Å². The van der Waals surface area contributed by atoms with Gasteiger partial charge >= 0.3 is 0 Å². The van der Waals surface area contributed by atoms with Gasteiger partial charge in [0.2, 0.25) is 5.91 Å². The maximum atomic E-state index is 11.1. The van der Waals surface area contributed by atoms with E-state index in [1.807, 2.05) is 0 Å². The number of nitrogens with one attached hydrogen (secondary N) is 1. The number of carbonyl (C=O) groups is 1. The van der Waals surface area contributed by atoms with Crippen molar-refractivity contribution in [3.63, 3.8) is 0 Å². The van der Waals surface area contributed by atoms with Crippen LogP contribution in [0.1, 0.15) is 0 Å². The first-order valence-corrected chi connectivity index (χ1v) is 4.96. The first-order valence-electron chi connectivity index (χ1n) is 4.43. The molecular weight excluding hydrogens is 234 g/mol. The fraction of sp³-hybridized carbons (Fsp3) is 0.300.